The van der Waals surface area contributed by atoms with Gasteiger partial charge in [-0.25, -0.2) is 0 Å². The van der Waals surface area contributed by atoms with Gasteiger partial charge in [-0.3, -0.25) is 4.79 Å². The van der Waals surface area contributed by atoms with Crippen LogP contribution in [0.25, 0.3) is 0 Å². The van der Waals surface area contributed by atoms with Gasteiger partial charge in [0.1, 0.15) is 6.04 Å². The first-order valence-electron chi connectivity index (χ1n) is 10.1. The number of aryl methyl sites for hydroxylation is 1. The highest BCUT2D eigenvalue weighted by Gasteiger charge is 2.23. The van der Waals surface area contributed by atoms with Crippen molar-refractivity contribution in [1.29, 1.82) is 0 Å². The van der Waals surface area contributed by atoms with Crippen LogP contribution in [-0.4, -0.2) is 12.5 Å². The molecule has 1 aliphatic rings. The number of hydrogen-bond donors (Lipinski definition) is 2. The van der Waals surface area contributed by atoms with Gasteiger partial charge >= 0.3 is 0 Å². The van der Waals surface area contributed by atoms with Crippen molar-refractivity contribution in [3.63, 3.8) is 0 Å². The van der Waals surface area contributed by atoms with E-state index in [2.05, 4.69) is 83.4 Å². The number of nitrogens with two attached hydrogens (primary N) is 1. The Kier molecular flexibility index (Phi) is 5.83. The number of rotatable bonds is 6. The molecule has 0 spiro atoms. The number of nitrogens with one attached hydrogen (secondary N) is 1. The molecule has 0 heterocycles. The van der Waals surface area contributed by atoms with Gasteiger partial charge in [0.25, 0.3) is 5.91 Å². The van der Waals surface area contributed by atoms with Crippen molar-refractivity contribution in [3.05, 3.63) is 107 Å². The molecule has 142 valence electrons. The van der Waals surface area contributed by atoms with Crippen LogP contribution < -0.4 is 10.6 Å². The molecule has 1 amide bonds. The number of carbonyl (C=O) groups excluding carboxylic acids is 1. The molecule has 0 aliphatic heterocycles. The molecule has 0 radical (unpaired) electrons. The van der Waals surface area contributed by atoms with E-state index < -0.39 is 0 Å². The number of amides is 1. The highest BCUT2D eigenvalue weighted by molar-refractivity contribution is 5.77. The first-order valence-corrected chi connectivity index (χ1v) is 10.1. The first kappa shape index (κ1) is 18.5. The van der Waals surface area contributed by atoms with Gasteiger partial charge in [0.2, 0.25) is 0 Å². The molecular weight excluding hydrogens is 344 g/mol. The third-order valence-corrected chi connectivity index (χ3v) is 5.56. The van der Waals surface area contributed by atoms with Gasteiger partial charge in [0.15, 0.2) is 6.54 Å². The fourth-order valence-electron chi connectivity index (χ4n) is 4.17. The van der Waals surface area contributed by atoms with Gasteiger partial charge in [-0.1, -0.05) is 84.9 Å². The summed E-state index contributed by atoms with van der Waals surface area (Å²) in [6, 6.07) is 29.5. The lowest BCUT2D eigenvalue weighted by Crippen LogP contribution is -2.87. The Bertz CT molecular complexity index is 869. The van der Waals surface area contributed by atoms with E-state index in [4.69, 9.17) is 0 Å². The molecule has 0 fully saturated rings. The van der Waals surface area contributed by atoms with Gasteiger partial charge < -0.3 is 10.6 Å². The zero-order chi connectivity index (χ0) is 19.2. The van der Waals surface area contributed by atoms with E-state index >= 15 is 0 Å². The van der Waals surface area contributed by atoms with Crippen molar-refractivity contribution >= 4 is 5.91 Å². The molecule has 0 bridgehead atoms. The van der Waals surface area contributed by atoms with Gasteiger partial charge in [0, 0.05) is 11.1 Å². The predicted molar refractivity (Wildman–Crippen MR) is 112 cm³/mol. The molecule has 3 N–H and O–H groups in total. The van der Waals surface area contributed by atoms with Crippen molar-refractivity contribution in [2.45, 2.75) is 31.3 Å². The quantitative estimate of drug-likeness (QED) is 0.684. The molecule has 0 saturated carbocycles. The lowest BCUT2D eigenvalue weighted by molar-refractivity contribution is -0.676. The zero-order valence-electron chi connectivity index (χ0n) is 16.1. The van der Waals surface area contributed by atoms with E-state index in [1.807, 2.05) is 12.1 Å². The third-order valence-electron chi connectivity index (χ3n) is 5.56. The largest absolute Gasteiger partial charge is 0.344 e. The van der Waals surface area contributed by atoms with Gasteiger partial charge in [-0.05, 0) is 30.4 Å². The summed E-state index contributed by atoms with van der Waals surface area (Å²) < 4.78 is 0. The van der Waals surface area contributed by atoms with Crippen LogP contribution in [0.3, 0.4) is 0 Å². The van der Waals surface area contributed by atoms with Crippen LogP contribution in [0.4, 0.5) is 0 Å². The summed E-state index contributed by atoms with van der Waals surface area (Å²) >= 11 is 0. The maximum Gasteiger partial charge on any atom is 0.275 e. The van der Waals surface area contributed by atoms with Crippen molar-refractivity contribution in [3.8, 4) is 0 Å². The van der Waals surface area contributed by atoms with Gasteiger partial charge in [-0.15, -0.1) is 0 Å². The Balaban J connectivity index is 1.44. The summed E-state index contributed by atoms with van der Waals surface area (Å²) in [5.41, 5.74) is 5.08. The monoisotopic (exact) mass is 371 g/mol. The molecule has 3 aromatic rings. The molecule has 1 aliphatic carbocycles. The van der Waals surface area contributed by atoms with E-state index in [1.165, 1.54) is 22.3 Å². The normalized spacial score (nSPS) is 15.8. The maximum absolute atomic E-state index is 12.7. The molecule has 1 atom stereocenters. The molecule has 4 rings (SSSR count). The average molecular weight is 372 g/mol. The minimum atomic E-state index is 0.0959. The summed E-state index contributed by atoms with van der Waals surface area (Å²) in [6.07, 6.45) is 3.25. The van der Waals surface area contributed by atoms with Gasteiger partial charge in [-0.2, -0.15) is 0 Å². The van der Waals surface area contributed by atoms with E-state index in [0.717, 1.165) is 19.3 Å². The molecule has 0 aromatic heterocycles. The Labute approximate surface area is 166 Å². The van der Waals surface area contributed by atoms with E-state index in [0.29, 0.717) is 6.54 Å². The van der Waals surface area contributed by atoms with Crippen molar-refractivity contribution in [2.75, 3.05) is 6.54 Å². The topological polar surface area (TPSA) is 45.7 Å². The summed E-state index contributed by atoms with van der Waals surface area (Å²) in [7, 11) is 0. The number of hydrogen-bond acceptors (Lipinski definition) is 1. The fraction of sp³-hybridized carbons (Fsp3) is 0.240. The average Bonchev–Trinajstić information content (AvgIpc) is 2.76. The van der Waals surface area contributed by atoms with Crippen LogP contribution in [-0.2, 0) is 11.2 Å². The molecule has 28 heavy (non-hydrogen) atoms. The molecule has 3 aromatic carbocycles. The minimum absolute atomic E-state index is 0.0959. The Morgan fingerprint density at radius 2 is 1.50 bits per heavy atom. The Hall–Kier alpha value is -2.91. The molecular formula is C25H27N2O+. The van der Waals surface area contributed by atoms with Crippen LogP contribution in [0.5, 0.6) is 0 Å². The zero-order valence-corrected chi connectivity index (χ0v) is 16.1. The molecule has 3 nitrogen and oxygen atoms in total. The lowest BCUT2D eigenvalue weighted by Gasteiger charge is -2.26. The van der Waals surface area contributed by atoms with Crippen LogP contribution in [0.1, 0.15) is 47.2 Å². The van der Waals surface area contributed by atoms with Crippen LogP contribution in [0.15, 0.2) is 84.9 Å². The molecule has 0 saturated heterocycles. The molecule has 0 unspecified atom stereocenters. The number of benzene rings is 3. The van der Waals surface area contributed by atoms with Crippen molar-refractivity contribution < 1.29 is 10.1 Å². The maximum atomic E-state index is 12.7. The minimum Gasteiger partial charge on any atom is -0.344 e. The summed E-state index contributed by atoms with van der Waals surface area (Å²) in [6.45, 7) is 0.410. The van der Waals surface area contributed by atoms with E-state index in [9.17, 15) is 4.79 Å². The van der Waals surface area contributed by atoms with Crippen molar-refractivity contribution in [1.82, 2.24) is 5.32 Å². The van der Waals surface area contributed by atoms with Crippen molar-refractivity contribution in [2.24, 2.45) is 0 Å². The summed E-state index contributed by atoms with van der Waals surface area (Å²) in [5.74, 6) is 0.0959. The fourth-order valence-corrected chi connectivity index (χ4v) is 4.17. The Morgan fingerprint density at radius 3 is 2.18 bits per heavy atom. The number of carbonyl (C=O) groups is 1. The van der Waals surface area contributed by atoms with Gasteiger partial charge in [0.05, 0.1) is 6.04 Å². The highest BCUT2D eigenvalue weighted by atomic mass is 16.2. The van der Waals surface area contributed by atoms with E-state index in [-0.39, 0.29) is 18.0 Å². The lowest BCUT2D eigenvalue weighted by atomic mass is 9.88. The van der Waals surface area contributed by atoms with Crippen LogP contribution in [0.2, 0.25) is 0 Å². The SMILES string of the molecule is O=C(C[NH2+]C(c1ccccc1)c1ccccc1)N[C@H]1CCCc2ccccc21. The second-order valence-electron chi connectivity index (χ2n) is 7.45. The highest BCUT2D eigenvalue weighted by Crippen LogP contribution is 2.29. The third kappa shape index (κ3) is 4.32. The number of fused-ring (bicyclic) bond motifs is 1. The molecule has 3 heteroatoms. The second kappa shape index (κ2) is 8.85. The summed E-state index contributed by atoms with van der Waals surface area (Å²) in [5, 5.41) is 5.40. The summed E-state index contributed by atoms with van der Waals surface area (Å²) in [4.78, 5) is 12.7. The smallest absolute Gasteiger partial charge is 0.275 e. The Morgan fingerprint density at radius 1 is 0.893 bits per heavy atom. The first-order chi connectivity index (χ1) is 13.8. The number of quaternary nitrogens is 1. The van der Waals surface area contributed by atoms with Crippen LogP contribution >= 0.6 is 0 Å². The predicted octanol–water partition coefficient (Wildman–Crippen LogP) is 3.53. The van der Waals surface area contributed by atoms with E-state index in [1.54, 1.807) is 0 Å². The van der Waals surface area contributed by atoms with Crippen LogP contribution in [0, 0.1) is 0 Å². The second-order valence-corrected chi connectivity index (χ2v) is 7.45. The standard InChI is InChI=1S/C25H26N2O/c28-24(27-23-17-9-15-19-10-7-8-16-22(19)23)18-26-25(20-11-3-1-4-12-20)21-13-5-2-6-14-21/h1-8,10-14,16,23,25-26H,9,15,17-18H2,(H,27,28)/p+1/t23-/m0/s1.